The number of nitrogens with one attached hydrogen (secondary N) is 3. The Balaban J connectivity index is 3.06. The largest absolute Gasteiger partial charge is 0.480 e. The highest BCUT2D eigenvalue weighted by Crippen LogP contribution is 2.08. The number of hydrogen-bond acceptors (Lipinski definition) is 7. The van der Waals surface area contributed by atoms with Crippen molar-refractivity contribution in [1.29, 1.82) is 0 Å². The molecule has 0 spiro atoms. The van der Waals surface area contributed by atoms with E-state index in [4.69, 9.17) is 10.8 Å². The number of carbonyl (C=O) groups excluding carboxylic acids is 3. The number of carbonyl (C=O) groups is 4. The standard InChI is InChI=1S/C22H34N4O6S/c1-13(2)18(26-19(28)15(23)12-27)21(30)25-17(11-14-7-5-4-6-8-14)20(29)24-16(22(31)32)9-10-33-3/h4-8,13,15-18,27H,9-12,23H2,1-3H3,(H,24,29)(H,25,30)(H,26,28)(H,31,32). The number of hydrogen-bond donors (Lipinski definition) is 6. The Morgan fingerprint density at radius 1 is 0.970 bits per heavy atom. The number of carboxylic acid groups (broad SMARTS) is 1. The first-order valence-electron chi connectivity index (χ1n) is 10.6. The molecule has 4 unspecified atom stereocenters. The number of amides is 3. The molecule has 3 amide bonds. The first-order valence-corrected chi connectivity index (χ1v) is 12.0. The molecule has 0 fully saturated rings. The molecule has 1 aromatic rings. The number of aliphatic carboxylic acids is 1. The summed E-state index contributed by atoms with van der Waals surface area (Å²) in [5, 5.41) is 26.2. The van der Waals surface area contributed by atoms with E-state index in [1.807, 2.05) is 12.3 Å². The lowest BCUT2D eigenvalue weighted by atomic mass is 10.0. The molecule has 4 atom stereocenters. The highest BCUT2D eigenvalue weighted by molar-refractivity contribution is 7.98. The van der Waals surface area contributed by atoms with E-state index in [1.165, 1.54) is 11.8 Å². The van der Waals surface area contributed by atoms with Crippen LogP contribution in [0.1, 0.15) is 25.8 Å². The van der Waals surface area contributed by atoms with E-state index in [9.17, 15) is 24.3 Å². The molecule has 1 aromatic carbocycles. The molecular weight excluding hydrogens is 448 g/mol. The van der Waals surface area contributed by atoms with Crippen LogP contribution in [0.5, 0.6) is 0 Å². The Bertz CT molecular complexity index is 792. The summed E-state index contributed by atoms with van der Waals surface area (Å²) in [6.07, 6.45) is 2.20. The number of aliphatic hydroxyl groups is 1. The van der Waals surface area contributed by atoms with Crippen LogP contribution < -0.4 is 21.7 Å². The second-order valence-corrected chi connectivity index (χ2v) is 8.94. The zero-order valence-electron chi connectivity index (χ0n) is 19.1. The predicted octanol–water partition coefficient (Wildman–Crippen LogP) is -0.503. The van der Waals surface area contributed by atoms with Crippen molar-refractivity contribution in [3.05, 3.63) is 35.9 Å². The topological polar surface area (TPSA) is 171 Å². The number of rotatable bonds is 14. The van der Waals surface area contributed by atoms with Gasteiger partial charge in [0, 0.05) is 6.42 Å². The average Bonchev–Trinajstić information content (AvgIpc) is 2.78. The first-order chi connectivity index (χ1) is 15.6. The molecule has 1 rings (SSSR count). The van der Waals surface area contributed by atoms with Gasteiger partial charge in [0.1, 0.15) is 24.2 Å². The van der Waals surface area contributed by atoms with Crippen LogP contribution in [0, 0.1) is 5.92 Å². The molecule has 7 N–H and O–H groups in total. The van der Waals surface area contributed by atoms with Gasteiger partial charge in [-0.25, -0.2) is 4.79 Å². The quantitative estimate of drug-likeness (QED) is 0.206. The molecule has 33 heavy (non-hydrogen) atoms. The first kappa shape index (κ1) is 28.4. The fourth-order valence-electron chi connectivity index (χ4n) is 2.96. The third-order valence-electron chi connectivity index (χ3n) is 4.92. The van der Waals surface area contributed by atoms with Crippen molar-refractivity contribution in [1.82, 2.24) is 16.0 Å². The summed E-state index contributed by atoms with van der Waals surface area (Å²) in [6, 6.07) is 4.62. The molecule has 0 radical (unpaired) electrons. The maximum absolute atomic E-state index is 13.0. The smallest absolute Gasteiger partial charge is 0.326 e. The Morgan fingerprint density at radius 3 is 2.09 bits per heavy atom. The van der Waals surface area contributed by atoms with Crippen molar-refractivity contribution in [3.63, 3.8) is 0 Å². The van der Waals surface area contributed by atoms with Gasteiger partial charge in [-0.15, -0.1) is 0 Å². The van der Waals surface area contributed by atoms with Crippen molar-refractivity contribution in [3.8, 4) is 0 Å². The van der Waals surface area contributed by atoms with E-state index in [0.717, 1.165) is 5.56 Å². The summed E-state index contributed by atoms with van der Waals surface area (Å²) >= 11 is 1.46. The second kappa shape index (κ2) is 14.5. The SMILES string of the molecule is CSCCC(NC(=O)C(Cc1ccccc1)NC(=O)C(NC(=O)C(N)CO)C(C)C)C(=O)O. The molecule has 10 nitrogen and oxygen atoms in total. The highest BCUT2D eigenvalue weighted by Gasteiger charge is 2.31. The van der Waals surface area contributed by atoms with Crippen LogP contribution in [-0.2, 0) is 25.6 Å². The Kier molecular flexibility index (Phi) is 12.5. The van der Waals surface area contributed by atoms with Crippen LogP contribution in [0.4, 0.5) is 0 Å². The summed E-state index contributed by atoms with van der Waals surface area (Å²) in [6.45, 7) is 2.85. The molecule has 0 aromatic heterocycles. The van der Waals surface area contributed by atoms with E-state index in [-0.39, 0.29) is 18.8 Å². The van der Waals surface area contributed by atoms with E-state index in [0.29, 0.717) is 5.75 Å². The zero-order chi connectivity index (χ0) is 25.0. The summed E-state index contributed by atoms with van der Waals surface area (Å²) in [5.41, 5.74) is 6.29. The molecule has 0 saturated carbocycles. The van der Waals surface area contributed by atoms with E-state index >= 15 is 0 Å². The van der Waals surface area contributed by atoms with Crippen molar-refractivity contribution in [2.24, 2.45) is 11.7 Å². The Labute approximate surface area is 198 Å². The van der Waals surface area contributed by atoms with Crippen molar-refractivity contribution >= 4 is 35.5 Å². The normalized spacial score (nSPS) is 14.6. The van der Waals surface area contributed by atoms with E-state index in [2.05, 4.69) is 16.0 Å². The van der Waals surface area contributed by atoms with Gasteiger partial charge >= 0.3 is 5.97 Å². The predicted molar refractivity (Wildman–Crippen MR) is 126 cm³/mol. The van der Waals surface area contributed by atoms with Gasteiger partial charge in [-0.3, -0.25) is 14.4 Å². The minimum atomic E-state index is -1.18. The zero-order valence-corrected chi connectivity index (χ0v) is 19.9. The lowest BCUT2D eigenvalue weighted by Crippen LogP contribution is -2.59. The van der Waals surface area contributed by atoms with Crippen molar-refractivity contribution in [2.45, 2.75) is 50.9 Å². The van der Waals surface area contributed by atoms with Crippen LogP contribution in [0.15, 0.2) is 30.3 Å². The van der Waals surface area contributed by atoms with Gasteiger partial charge in [0.25, 0.3) is 0 Å². The lowest BCUT2D eigenvalue weighted by molar-refractivity contribution is -0.142. The van der Waals surface area contributed by atoms with Gasteiger partial charge in [-0.05, 0) is 29.9 Å². The summed E-state index contributed by atoms with van der Waals surface area (Å²) in [4.78, 5) is 49.7. The van der Waals surface area contributed by atoms with Crippen LogP contribution in [0.3, 0.4) is 0 Å². The molecule has 0 aliphatic carbocycles. The minimum Gasteiger partial charge on any atom is -0.480 e. The molecule has 0 heterocycles. The average molecular weight is 483 g/mol. The maximum atomic E-state index is 13.0. The van der Waals surface area contributed by atoms with Gasteiger partial charge in [0.15, 0.2) is 0 Å². The highest BCUT2D eigenvalue weighted by atomic mass is 32.2. The minimum absolute atomic E-state index is 0.127. The molecular formula is C22H34N4O6S. The van der Waals surface area contributed by atoms with Gasteiger partial charge < -0.3 is 31.9 Å². The number of aliphatic hydroxyl groups excluding tert-OH is 1. The van der Waals surface area contributed by atoms with E-state index < -0.39 is 54.5 Å². The molecule has 184 valence electrons. The molecule has 0 aliphatic heterocycles. The Morgan fingerprint density at radius 2 is 1.58 bits per heavy atom. The summed E-state index contributed by atoms with van der Waals surface area (Å²) in [7, 11) is 0. The van der Waals surface area contributed by atoms with Gasteiger partial charge in [-0.2, -0.15) is 11.8 Å². The molecule has 0 aliphatic rings. The molecule has 0 bridgehead atoms. The molecule has 0 saturated heterocycles. The van der Waals surface area contributed by atoms with Gasteiger partial charge in [0.05, 0.1) is 6.61 Å². The third-order valence-corrected chi connectivity index (χ3v) is 5.57. The Hall–Kier alpha value is -2.63. The van der Waals surface area contributed by atoms with Crippen LogP contribution in [0.25, 0.3) is 0 Å². The van der Waals surface area contributed by atoms with Crippen molar-refractivity contribution in [2.75, 3.05) is 18.6 Å². The van der Waals surface area contributed by atoms with Gasteiger partial charge in [-0.1, -0.05) is 44.2 Å². The summed E-state index contributed by atoms with van der Waals surface area (Å²) < 4.78 is 0. The lowest BCUT2D eigenvalue weighted by Gasteiger charge is -2.27. The number of nitrogens with two attached hydrogens (primary N) is 1. The van der Waals surface area contributed by atoms with Crippen LogP contribution >= 0.6 is 11.8 Å². The fourth-order valence-corrected chi connectivity index (χ4v) is 3.44. The second-order valence-electron chi connectivity index (χ2n) is 7.95. The third kappa shape index (κ3) is 9.80. The van der Waals surface area contributed by atoms with Crippen molar-refractivity contribution < 1.29 is 29.4 Å². The van der Waals surface area contributed by atoms with Crippen LogP contribution in [-0.4, -0.2) is 76.7 Å². The fraction of sp³-hybridized carbons (Fsp3) is 0.545. The van der Waals surface area contributed by atoms with E-state index in [1.54, 1.807) is 38.1 Å². The monoisotopic (exact) mass is 482 g/mol. The number of carboxylic acids is 1. The summed E-state index contributed by atoms with van der Waals surface area (Å²) in [5.74, 6) is -2.91. The van der Waals surface area contributed by atoms with Crippen LogP contribution in [0.2, 0.25) is 0 Å². The number of thioether (sulfide) groups is 1. The maximum Gasteiger partial charge on any atom is 0.326 e. The van der Waals surface area contributed by atoms with Gasteiger partial charge in [0.2, 0.25) is 17.7 Å². The number of benzene rings is 1. The molecule has 11 heteroatoms.